The number of amides is 1. The highest BCUT2D eigenvalue weighted by atomic mass is 32.2. The normalized spacial score (nSPS) is 15.7. The number of aryl methyl sites for hydroxylation is 1. The number of anilines is 1. The lowest BCUT2D eigenvalue weighted by molar-refractivity contribution is -0.127. The van der Waals surface area contributed by atoms with E-state index in [9.17, 15) is 13.2 Å². The number of para-hydroxylation sites is 3. The van der Waals surface area contributed by atoms with Crippen LogP contribution in [0.2, 0.25) is 0 Å². The maximum atomic E-state index is 12.7. The lowest BCUT2D eigenvalue weighted by Crippen LogP contribution is -2.51. The number of nitrogens with one attached hydrogen (secondary N) is 1. The van der Waals surface area contributed by atoms with Crippen molar-refractivity contribution in [2.24, 2.45) is 0 Å². The van der Waals surface area contributed by atoms with Crippen molar-refractivity contribution >= 4 is 21.6 Å². The second-order valence-electron chi connectivity index (χ2n) is 7.36. The van der Waals surface area contributed by atoms with Crippen LogP contribution in [0.3, 0.4) is 0 Å². The van der Waals surface area contributed by atoms with Gasteiger partial charge in [-0.1, -0.05) is 37.3 Å². The van der Waals surface area contributed by atoms with Gasteiger partial charge in [0.25, 0.3) is 5.91 Å². The standard InChI is InChI=1S/C23H30N2O5S/c1-3-16-29-20-13-7-5-10-18(20)11-9-15-24-23(26)22-17-25(31(27,28)4-2)19-12-6-8-14-21(19)30-22/h5-8,10,12-14,22H,3-4,9,11,15-17H2,1-2H3,(H,24,26)/t22-/m1/s1. The highest BCUT2D eigenvalue weighted by molar-refractivity contribution is 7.92. The summed E-state index contributed by atoms with van der Waals surface area (Å²) in [5, 5.41) is 2.88. The molecule has 0 aliphatic carbocycles. The van der Waals surface area contributed by atoms with Crippen molar-refractivity contribution in [2.45, 2.75) is 39.2 Å². The van der Waals surface area contributed by atoms with Crippen LogP contribution in [0, 0.1) is 0 Å². The molecule has 2 aromatic rings. The number of nitrogens with zero attached hydrogens (tertiary/aromatic N) is 1. The second kappa shape index (κ2) is 10.5. The summed E-state index contributed by atoms with van der Waals surface area (Å²) in [4.78, 5) is 12.7. The van der Waals surface area contributed by atoms with Crippen LogP contribution in [0.5, 0.6) is 11.5 Å². The van der Waals surface area contributed by atoms with E-state index in [0.29, 0.717) is 24.6 Å². The maximum absolute atomic E-state index is 12.7. The Morgan fingerprint density at radius 3 is 2.68 bits per heavy atom. The van der Waals surface area contributed by atoms with E-state index >= 15 is 0 Å². The van der Waals surface area contributed by atoms with Gasteiger partial charge in [-0.2, -0.15) is 0 Å². The van der Waals surface area contributed by atoms with E-state index in [4.69, 9.17) is 9.47 Å². The molecular formula is C23H30N2O5S. The van der Waals surface area contributed by atoms with Gasteiger partial charge in [-0.25, -0.2) is 8.42 Å². The van der Waals surface area contributed by atoms with Gasteiger partial charge >= 0.3 is 0 Å². The molecule has 0 radical (unpaired) electrons. The fourth-order valence-electron chi connectivity index (χ4n) is 3.43. The number of sulfonamides is 1. The fourth-order valence-corrected chi connectivity index (χ4v) is 4.55. The first-order valence-electron chi connectivity index (χ1n) is 10.7. The average molecular weight is 447 g/mol. The van der Waals surface area contributed by atoms with Crippen molar-refractivity contribution in [3.8, 4) is 11.5 Å². The van der Waals surface area contributed by atoms with Crippen LogP contribution < -0.4 is 19.1 Å². The number of rotatable bonds is 10. The Bertz CT molecular complexity index is 993. The van der Waals surface area contributed by atoms with Crippen LogP contribution in [0.4, 0.5) is 5.69 Å². The van der Waals surface area contributed by atoms with Crippen molar-refractivity contribution < 1.29 is 22.7 Å². The Morgan fingerprint density at radius 1 is 1.16 bits per heavy atom. The molecule has 1 atom stereocenters. The van der Waals surface area contributed by atoms with Crippen LogP contribution in [-0.2, 0) is 21.2 Å². The first-order chi connectivity index (χ1) is 15.0. The van der Waals surface area contributed by atoms with Crippen LogP contribution in [0.1, 0.15) is 32.3 Å². The molecule has 0 spiro atoms. The van der Waals surface area contributed by atoms with Crippen molar-refractivity contribution in [3.63, 3.8) is 0 Å². The third kappa shape index (κ3) is 5.70. The maximum Gasteiger partial charge on any atom is 0.263 e. The topological polar surface area (TPSA) is 84.9 Å². The molecule has 168 valence electrons. The van der Waals surface area contributed by atoms with Crippen LogP contribution in [0.15, 0.2) is 48.5 Å². The zero-order chi connectivity index (χ0) is 22.3. The molecule has 1 N–H and O–H groups in total. The summed E-state index contributed by atoms with van der Waals surface area (Å²) < 4.78 is 37.9. The SMILES string of the molecule is CCCOc1ccccc1CCCNC(=O)[C@H]1CN(S(=O)(=O)CC)c2ccccc2O1. The summed E-state index contributed by atoms with van der Waals surface area (Å²) in [5.41, 5.74) is 1.57. The molecule has 0 aromatic heterocycles. The number of ether oxygens (including phenoxy) is 2. The fraction of sp³-hybridized carbons (Fsp3) is 0.435. The van der Waals surface area contributed by atoms with Crippen LogP contribution in [0.25, 0.3) is 0 Å². The van der Waals surface area contributed by atoms with Gasteiger partial charge in [-0.15, -0.1) is 0 Å². The number of fused-ring (bicyclic) bond motifs is 1. The minimum Gasteiger partial charge on any atom is -0.493 e. The molecule has 8 heteroatoms. The molecule has 1 aliphatic rings. The minimum atomic E-state index is -3.52. The largest absolute Gasteiger partial charge is 0.493 e. The summed E-state index contributed by atoms with van der Waals surface area (Å²) in [6, 6.07) is 14.8. The number of hydrogen-bond acceptors (Lipinski definition) is 5. The van der Waals surface area contributed by atoms with Gasteiger partial charge in [0, 0.05) is 6.54 Å². The molecule has 3 rings (SSSR count). The molecule has 0 bridgehead atoms. The van der Waals surface area contributed by atoms with E-state index in [0.717, 1.165) is 30.6 Å². The van der Waals surface area contributed by atoms with Gasteiger partial charge in [-0.05, 0) is 49.9 Å². The van der Waals surface area contributed by atoms with E-state index in [-0.39, 0.29) is 18.2 Å². The van der Waals surface area contributed by atoms with Gasteiger partial charge < -0.3 is 14.8 Å². The van der Waals surface area contributed by atoms with E-state index < -0.39 is 16.1 Å². The Morgan fingerprint density at radius 2 is 1.90 bits per heavy atom. The number of benzene rings is 2. The average Bonchev–Trinajstić information content (AvgIpc) is 2.80. The molecule has 1 aliphatic heterocycles. The Labute approximate surface area is 184 Å². The van der Waals surface area contributed by atoms with Gasteiger partial charge in [0.2, 0.25) is 10.0 Å². The molecule has 1 heterocycles. The molecule has 7 nitrogen and oxygen atoms in total. The molecule has 0 saturated carbocycles. The summed E-state index contributed by atoms with van der Waals surface area (Å²) in [6.45, 7) is 4.75. The summed E-state index contributed by atoms with van der Waals surface area (Å²) >= 11 is 0. The highest BCUT2D eigenvalue weighted by Gasteiger charge is 2.35. The minimum absolute atomic E-state index is 0.0350. The lowest BCUT2D eigenvalue weighted by Gasteiger charge is -2.34. The zero-order valence-electron chi connectivity index (χ0n) is 18.0. The quantitative estimate of drug-likeness (QED) is 0.567. The van der Waals surface area contributed by atoms with Gasteiger partial charge in [0.15, 0.2) is 6.10 Å². The van der Waals surface area contributed by atoms with Gasteiger partial charge in [0.1, 0.15) is 11.5 Å². The first-order valence-corrected chi connectivity index (χ1v) is 12.3. The van der Waals surface area contributed by atoms with Crippen molar-refractivity contribution in [3.05, 3.63) is 54.1 Å². The smallest absolute Gasteiger partial charge is 0.263 e. The van der Waals surface area contributed by atoms with Gasteiger partial charge in [-0.3, -0.25) is 9.10 Å². The van der Waals surface area contributed by atoms with Gasteiger partial charge in [0.05, 0.1) is 24.6 Å². The molecule has 2 aromatic carbocycles. The summed E-state index contributed by atoms with van der Waals surface area (Å²) in [5.74, 6) is 0.910. The first kappa shape index (κ1) is 22.9. The molecule has 31 heavy (non-hydrogen) atoms. The predicted octanol–water partition coefficient (Wildman–Crippen LogP) is 3.14. The molecule has 1 amide bonds. The van der Waals surface area contributed by atoms with E-state index in [2.05, 4.69) is 12.2 Å². The van der Waals surface area contributed by atoms with E-state index in [1.807, 2.05) is 24.3 Å². The number of carbonyl (C=O) groups excluding carboxylic acids is 1. The highest BCUT2D eigenvalue weighted by Crippen LogP contribution is 2.35. The summed E-state index contributed by atoms with van der Waals surface area (Å²) in [7, 11) is -3.52. The molecule has 0 unspecified atom stereocenters. The van der Waals surface area contributed by atoms with E-state index in [1.54, 1.807) is 31.2 Å². The summed E-state index contributed by atoms with van der Waals surface area (Å²) in [6.07, 6.45) is 1.56. The Hall–Kier alpha value is -2.74. The van der Waals surface area contributed by atoms with E-state index in [1.165, 1.54) is 4.31 Å². The predicted molar refractivity (Wildman–Crippen MR) is 121 cm³/mol. The third-order valence-electron chi connectivity index (χ3n) is 5.08. The number of hydrogen-bond donors (Lipinski definition) is 1. The van der Waals surface area contributed by atoms with Crippen molar-refractivity contribution in [2.75, 3.05) is 29.8 Å². The van der Waals surface area contributed by atoms with Crippen LogP contribution >= 0.6 is 0 Å². The molecule has 0 saturated heterocycles. The van der Waals surface area contributed by atoms with Crippen molar-refractivity contribution in [1.82, 2.24) is 5.32 Å². The second-order valence-corrected chi connectivity index (χ2v) is 9.54. The Kier molecular flexibility index (Phi) is 7.79. The van der Waals surface area contributed by atoms with Crippen LogP contribution in [-0.4, -0.2) is 45.9 Å². The molecule has 0 fully saturated rings. The van der Waals surface area contributed by atoms with Crippen molar-refractivity contribution in [1.29, 1.82) is 0 Å². The lowest BCUT2D eigenvalue weighted by atomic mass is 10.1. The zero-order valence-corrected chi connectivity index (χ0v) is 18.9. The Balaban J connectivity index is 1.58. The third-order valence-corrected chi connectivity index (χ3v) is 6.83. The monoisotopic (exact) mass is 446 g/mol. The molecular weight excluding hydrogens is 416 g/mol. The number of carbonyl (C=O) groups is 1.